The molecule has 0 N–H and O–H groups in total. The molecule has 0 saturated carbocycles. The summed E-state index contributed by atoms with van der Waals surface area (Å²) in [5.41, 5.74) is 1.12. The van der Waals surface area contributed by atoms with Crippen molar-refractivity contribution in [3.8, 4) is 11.4 Å². The van der Waals surface area contributed by atoms with E-state index < -0.39 is 0 Å². The monoisotopic (exact) mass is 306 g/mol. The van der Waals surface area contributed by atoms with Crippen molar-refractivity contribution >= 4 is 17.6 Å². The van der Waals surface area contributed by atoms with Crippen LogP contribution in [-0.2, 0) is 11.3 Å². The van der Waals surface area contributed by atoms with Gasteiger partial charge in [-0.2, -0.15) is 4.80 Å². The minimum absolute atomic E-state index is 0.171. The van der Waals surface area contributed by atoms with E-state index in [4.69, 9.17) is 16.3 Å². The third kappa shape index (κ3) is 4.13. The predicted molar refractivity (Wildman–Crippen MR) is 78.8 cm³/mol. The molecule has 2 aromatic rings. The quantitative estimate of drug-likeness (QED) is 0.794. The number of hydrogen-bond donors (Lipinski definition) is 0. The van der Waals surface area contributed by atoms with E-state index in [-0.39, 0.29) is 18.6 Å². The molecule has 0 bridgehead atoms. The Morgan fingerprint density at radius 3 is 2.90 bits per heavy atom. The van der Waals surface area contributed by atoms with Gasteiger partial charge in [0.05, 0.1) is 18.2 Å². The number of carbonyl (C=O) groups is 1. The van der Waals surface area contributed by atoms with Gasteiger partial charge >= 0.3 is 5.97 Å². The van der Waals surface area contributed by atoms with Crippen LogP contribution in [0.2, 0.25) is 0 Å². The van der Waals surface area contributed by atoms with Crippen molar-refractivity contribution in [1.29, 1.82) is 0 Å². The lowest BCUT2D eigenvalue weighted by atomic mass is 10.1. The highest BCUT2D eigenvalue weighted by Crippen LogP contribution is 2.16. The van der Waals surface area contributed by atoms with Crippen LogP contribution in [0.25, 0.3) is 11.4 Å². The number of halogens is 1. The van der Waals surface area contributed by atoms with Crippen molar-refractivity contribution in [3.05, 3.63) is 41.4 Å². The number of nitrogens with zero attached hydrogens (tertiary/aromatic N) is 4. The Morgan fingerprint density at radius 1 is 1.48 bits per heavy atom. The zero-order chi connectivity index (χ0) is 15.4. The number of tetrazole rings is 1. The first kappa shape index (κ1) is 15.2. The first-order valence-corrected chi connectivity index (χ1v) is 6.76. The summed E-state index contributed by atoms with van der Waals surface area (Å²) in [7, 11) is 0. The van der Waals surface area contributed by atoms with Crippen molar-refractivity contribution in [2.75, 3.05) is 0 Å². The largest absolute Gasteiger partial charge is 0.459 e. The molecule has 1 aromatic heterocycles. The Balaban J connectivity index is 2.22. The molecule has 21 heavy (non-hydrogen) atoms. The Kier molecular flexibility index (Phi) is 4.70. The minimum atomic E-state index is -0.381. The molecule has 0 amide bonds. The van der Waals surface area contributed by atoms with E-state index in [1.807, 2.05) is 0 Å². The summed E-state index contributed by atoms with van der Waals surface area (Å²) in [6.07, 6.45) is -0.171. The molecule has 0 aliphatic heterocycles. The molecular formula is C14H15ClN4O2. The maximum atomic E-state index is 11.9. The molecule has 6 nitrogen and oxygen atoms in total. The molecule has 0 aliphatic carbocycles. The van der Waals surface area contributed by atoms with Crippen molar-refractivity contribution in [3.63, 3.8) is 0 Å². The van der Waals surface area contributed by atoms with Gasteiger partial charge in [0.15, 0.2) is 0 Å². The highest BCUT2D eigenvalue weighted by molar-refractivity contribution is 6.29. The van der Waals surface area contributed by atoms with Crippen LogP contribution in [0.4, 0.5) is 0 Å². The lowest BCUT2D eigenvalue weighted by Gasteiger charge is -2.08. The topological polar surface area (TPSA) is 69.9 Å². The first-order valence-electron chi connectivity index (χ1n) is 6.38. The van der Waals surface area contributed by atoms with Gasteiger partial charge in [0.25, 0.3) is 0 Å². The lowest BCUT2D eigenvalue weighted by Crippen LogP contribution is -2.11. The standard InChI is InChI=1S/C14H15ClN4O2/c1-9(2)21-14(20)12-6-4-5-11(7-12)13-16-18-19(17-13)8-10(3)15/h4-7,9H,3,8H2,1-2H3. The Labute approximate surface area is 127 Å². The Morgan fingerprint density at radius 2 is 2.24 bits per heavy atom. The number of aromatic nitrogens is 4. The van der Waals surface area contributed by atoms with Gasteiger partial charge in [0.2, 0.25) is 5.82 Å². The van der Waals surface area contributed by atoms with Gasteiger partial charge in [0.1, 0.15) is 0 Å². The fraction of sp³-hybridized carbons (Fsp3) is 0.286. The average Bonchev–Trinajstić information content (AvgIpc) is 2.86. The first-order chi connectivity index (χ1) is 9.95. The molecule has 2 rings (SSSR count). The second-order valence-corrected chi connectivity index (χ2v) is 5.23. The van der Waals surface area contributed by atoms with Gasteiger partial charge in [-0.15, -0.1) is 10.2 Å². The number of esters is 1. The fourth-order valence-corrected chi connectivity index (χ4v) is 1.75. The van der Waals surface area contributed by atoms with Gasteiger partial charge in [0, 0.05) is 10.6 Å². The summed E-state index contributed by atoms with van der Waals surface area (Å²) < 4.78 is 5.16. The number of allylic oxidation sites excluding steroid dienone is 1. The molecule has 1 heterocycles. The van der Waals surface area contributed by atoms with E-state index in [1.54, 1.807) is 38.1 Å². The molecule has 110 valence electrons. The number of carbonyl (C=O) groups excluding carboxylic acids is 1. The van der Waals surface area contributed by atoms with E-state index in [0.29, 0.717) is 22.0 Å². The number of hydrogen-bond acceptors (Lipinski definition) is 5. The van der Waals surface area contributed by atoms with E-state index >= 15 is 0 Å². The van der Waals surface area contributed by atoms with Crippen LogP contribution in [-0.4, -0.2) is 32.3 Å². The van der Waals surface area contributed by atoms with Gasteiger partial charge in [-0.1, -0.05) is 30.3 Å². The molecule has 0 unspecified atom stereocenters. The molecule has 0 fully saturated rings. The van der Waals surface area contributed by atoms with Crippen LogP contribution in [0.1, 0.15) is 24.2 Å². The van der Waals surface area contributed by atoms with Crippen LogP contribution >= 0.6 is 11.6 Å². The third-order valence-electron chi connectivity index (χ3n) is 2.47. The molecular weight excluding hydrogens is 292 g/mol. The van der Waals surface area contributed by atoms with E-state index in [2.05, 4.69) is 22.0 Å². The molecule has 0 atom stereocenters. The van der Waals surface area contributed by atoms with Crippen LogP contribution in [0.3, 0.4) is 0 Å². The SMILES string of the molecule is C=C(Cl)Cn1nnc(-c2cccc(C(=O)OC(C)C)c2)n1. The summed E-state index contributed by atoms with van der Waals surface area (Å²) in [5, 5.41) is 12.4. The van der Waals surface area contributed by atoms with Crippen LogP contribution in [0.5, 0.6) is 0 Å². The normalized spacial score (nSPS) is 10.7. The smallest absolute Gasteiger partial charge is 0.338 e. The molecule has 7 heteroatoms. The summed E-state index contributed by atoms with van der Waals surface area (Å²) in [6, 6.07) is 6.89. The Bertz CT molecular complexity index is 666. The van der Waals surface area contributed by atoms with Gasteiger partial charge in [-0.25, -0.2) is 4.79 Å². The molecule has 0 aliphatic rings. The van der Waals surface area contributed by atoms with Crippen molar-refractivity contribution in [2.24, 2.45) is 0 Å². The zero-order valence-corrected chi connectivity index (χ0v) is 12.5. The summed E-state index contributed by atoms with van der Waals surface area (Å²) in [5.74, 6) is 0.0282. The van der Waals surface area contributed by atoms with E-state index in [0.717, 1.165) is 0 Å². The maximum Gasteiger partial charge on any atom is 0.338 e. The summed E-state index contributed by atoms with van der Waals surface area (Å²) in [4.78, 5) is 13.2. The second-order valence-electron chi connectivity index (χ2n) is 4.70. The lowest BCUT2D eigenvalue weighted by molar-refractivity contribution is 0.0378. The number of benzene rings is 1. The molecule has 0 saturated heterocycles. The average molecular weight is 307 g/mol. The number of rotatable bonds is 5. The fourth-order valence-electron chi connectivity index (χ4n) is 1.65. The van der Waals surface area contributed by atoms with E-state index in [9.17, 15) is 4.79 Å². The zero-order valence-electron chi connectivity index (χ0n) is 11.8. The molecule has 0 radical (unpaired) electrons. The highest BCUT2D eigenvalue weighted by atomic mass is 35.5. The summed E-state index contributed by atoms with van der Waals surface area (Å²) in [6.45, 7) is 7.45. The second kappa shape index (κ2) is 6.49. The van der Waals surface area contributed by atoms with Gasteiger partial charge in [-0.3, -0.25) is 0 Å². The highest BCUT2D eigenvalue weighted by Gasteiger charge is 2.12. The van der Waals surface area contributed by atoms with Crippen molar-refractivity contribution < 1.29 is 9.53 Å². The third-order valence-corrected chi connectivity index (χ3v) is 2.58. The molecule has 0 spiro atoms. The maximum absolute atomic E-state index is 11.9. The van der Waals surface area contributed by atoms with Crippen LogP contribution < -0.4 is 0 Å². The van der Waals surface area contributed by atoms with Crippen LogP contribution in [0, 0.1) is 0 Å². The minimum Gasteiger partial charge on any atom is -0.459 e. The van der Waals surface area contributed by atoms with Crippen molar-refractivity contribution in [1.82, 2.24) is 20.2 Å². The Hall–Kier alpha value is -2.21. The van der Waals surface area contributed by atoms with E-state index in [1.165, 1.54) is 4.80 Å². The summed E-state index contributed by atoms with van der Waals surface area (Å²) >= 11 is 5.70. The van der Waals surface area contributed by atoms with Gasteiger partial charge < -0.3 is 4.74 Å². The number of ether oxygens (including phenoxy) is 1. The van der Waals surface area contributed by atoms with Crippen LogP contribution in [0.15, 0.2) is 35.9 Å². The molecule has 1 aromatic carbocycles. The van der Waals surface area contributed by atoms with Gasteiger partial charge in [-0.05, 0) is 31.2 Å². The van der Waals surface area contributed by atoms with Crippen molar-refractivity contribution in [2.45, 2.75) is 26.5 Å². The predicted octanol–water partition coefficient (Wildman–Crippen LogP) is 2.66.